The number of carbonyl (C=O) groups excluding carboxylic acids is 11. The second-order valence-electron chi connectivity index (χ2n) is 23.5. The van der Waals surface area contributed by atoms with Crippen LogP contribution in [0.1, 0.15) is 85.0 Å². The smallest absolute Gasteiger partial charge is 0.336 e. The molecule has 39 heteroatoms. The molecule has 0 fully saturated rings. The molecule has 11 amide bonds. The molecule has 0 unspecified atom stereocenters. The lowest BCUT2D eigenvalue weighted by molar-refractivity contribution is -0.141. The predicted molar refractivity (Wildman–Crippen MR) is 358 cm³/mol. The van der Waals surface area contributed by atoms with Crippen LogP contribution in [-0.2, 0) is 79.8 Å². The van der Waals surface area contributed by atoms with E-state index in [1.165, 1.54) is 86.6 Å². The molecule has 0 bridgehead atoms. The van der Waals surface area contributed by atoms with Crippen LogP contribution in [0.4, 0.5) is 0 Å². The molecular weight excluding hydrogens is 1370 g/mol. The van der Waals surface area contributed by atoms with E-state index in [9.17, 15) is 103 Å². The van der Waals surface area contributed by atoms with Gasteiger partial charge < -0.3 is 113 Å². The summed E-state index contributed by atoms with van der Waals surface area (Å²) >= 11 is 0. The number of aliphatic carboxylic acids is 2. The van der Waals surface area contributed by atoms with Crippen LogP contribution in [0.25, 0.3) is 33.4 Å². The normalized spacial score (nSPS) is 13.7. The van der Waals surface area contributed by atoms with E-state index in [-0.39, 0.29) is 110 Å². The summed E-state index contributed by atoms with van der Waals surface area (Å²) in [7, 11) is 0. The lowest BCUT2D eigenvalue weighted by Crippen LogP contribution is -2.59. The van der Waals surface area contributed by atoms with E-state index in [2.05, 4.69) is 73.1 Å². The van der Waals surface area contributed by atoms with Crippen molar-refractivity contribution >= 4 is 93.9 Å². The van der Waals surface area contributed by atoms with Crippen LogP contribution in [0.3, 0.4) is 0 Å². The Morgan fingerprint density at radius 2 is 1.12 bits per heavy atom. The van der Waals surface area contributed by atoms with Gasteiger partial charge in [0.25, 0.3) is 5.91 Å². The summed E-state index contributed by atoms with van der Waals surface area (Å²) < 4.78 is 16.8. The van der Waals surface area contributed by atoms with Crippen molar-refractivity contribution in [2.75, 3.05) is 46.1 Å². The van der Waals surface area contributed by atoms with Gasteiger partial charge in [0.2, 0.25) is 59.1 Å². The Balaban J connectivity index is 1.07. The zero-order chi connectivity index (χ0) is 76.3. The first-order valence-electron chi connectivity index (χ1n) is 32.1. The fourth-order valence-corrected chi connectivity index (χ4v) is 10.3. The Hall–Kier alpha value is -12.2. The maximum Gasteiger partial charge on any atom is 0.336 e. The number of aliphatic hydroxyl groups is 2. The number of amides is 11. The van der Waals surface area contributed by atoms with Crippen LogP contribution in [0, 0.1) is 0 Å². The molecule has 2 aliphatic rings. The molecule has 0 saturated heterocycles. The summed E-state index contributed by atoms with van der Waals surface area (Å²) in [5, 5.41) is 84.5. The maximum absolute atomic E-state index is 13.8. The van der Waals surface area contributed by atoms with E-state index in [1.807, 2.05) is 0 Å². The van der Waals surface area contributed by atoms with Crippen LogP contribution in [-0.4, -0.2) is 234 Å². The number of nitrogens with two attached hydrogens (primary N) is 1. The number of H-pyrrole nitrogens is 2. The van der Waals surface area contributed by atoms with Crippen molar-refractivity contribution in [3.8, 4) is 28.2 Å². The molecule has 104 heavy (non-hydrogen) atoms. The number of aliphatic hydroxyl groups excluding tert-OH is 2. The minimum absolute atomic E-state index is 0.0219. The van der Waals surface area contributed by atoms with Crippen LogP contribution >= 0.6 is 0 Å². The average molecular weight is 1450 g/mol. The van der Waals surface area contributed by atoms with Gasteiger partial charge in [-0.05, 0) is 81.1 Å². The van der Waals surface area contributed by atoms with Crippen molar-refractivity contribution in [1.29, 1.82) is 0 Å². The van der Waals surface area contributed by atoms with Crippen molar-refractivity contribution in [3.05, 3.63) is 112 Å². The average Bonchev–Trinajstić information content (AvgIpc) is 1.10. The first kappa shape index (κ1) is 80.7. The lowest BCUT2D eigenvalue weighted by atomic mass is 9.89. The van der Waals surface area contributed by atoms with Crippen LogP contribution < -0.4 is 64.3 Å². The van der Waals surface area contributed by atoms with Gasteiger partial charge in [-0.2, -0.15) is 0 Å². The van der Waals surface area contributed by atoms with Crippen LogP contribution in [0.5, 0.6) is 5.75 Å². The number of nitrogens with zero attached hydrogens (tertiary/aromatic N) is 2. The minimum Gasteiger partial charge on any atom is -0.508 e. The second kappa shape index (κ2) is 39.1. The van der Waals surface area contributed by atoms with Gasteiger partial charge >= 0.3 is 17.9 Å². The van der Waals surface area contributed by atoms with Crippen molar-refractivity contribution in [2.24, 2.45) is 5.73 Å². The van der Waals surface area contributed by atoms with Gasteiger partial charge in [0, 0.05) is 86.0 Å². The largest absolute Gasteiger partial charge is 0.508 e. The highest BCUT2D eigenvalue weighted by molar-refractivity contribution is 6.09. The molecule has 1 aliphatic heterocycles. The van der Waals surface area contributed by atoms with Crippen molar-refractivity contribution in [3.63, 3.8) is 0 Å². The fraction of sp³-hybridized carbons (Fsp3) is 0.400. The minimum atomic E-state index is -1.73. The number of carboxylic acid groups (broad SMARTS) is 3. The number of carbonyl (C=O) groups is 14. The highest BCUT2D eigenvalue weighted by Gasteiger charge is 2.35. The molecule has 2 aromatic heterocycles. The molecule has 2 aromatic carbocycles. The van der Waals surface area contributed by atoms with E-state index >= 15 is 0 Å². The monoisotopic (exact) mass is 1450 g/mol. The molecule has 3 heterocycles. The highest BCUT2D eigenvalue weighted by Crippen LogP contribution is 2.42. The number of fused-ring (bicyclic) bond motifs is 2. The summed E-state index contributed by atoms with van der Waals surface area (Å²) in [6.07, 6.45) is 0.0530. The first-order chi connectivity index (χ1) is 49.4. The third-order valence-electron chi connectivity index (χ3n) is 15.3. The molecule has 0 radical (unpaired) electrons. The summed E-state index contributed by atoms with van der Waals surface area (Å²) in [6.45, 7) is 0.515. The fourth-order valence-electron chi connectivity index (χ4n) is 10.3. The third-order valence-corrected chi connectivity index (χ3v) is 15.3. The van der Waals surface area contributed by atoms with E-state index in [0.717, 1.165) is 13.8 Å². The molecule has 9 atom stereocenters. The molecule has 1 aliphatic carbocycles. The summed E-state index contributed by atoms with van der Waals surface area (Å²) in [4.78, 5) is 206. The van der Waals surface area contributed by atoms with Crippen LogP contribution in [0.15, 0.2) is 88.9 Å². The van der Waals surface area contributed by atoms with Gasteiger partial charge in [0.05, 0.1) is 67.9 Å². The lowest BCUT2D eigenvalue weighted by Gasteiger charge is -2.25. The molecule has 39 nitrogen and oxygen atoms in total. The molecule has 6 rings (SSSR count). The number of nitrogens with one attached hydrogen (secondary N) is 12. The Morgan fingerprint density at radius 1 is 0.567 bits per heavy atom. The quantitative estimate of drug-likeness (QED) is 0.0127. The zero-order valence-electron chi connectivity index (χ0n) is 56.1. The number of carboxylic acids is 3. The number of aromatic nitrogens is 4. The zero-order valence-corrected chi connectivity index (χ0v) is 56.1. The number of benzene rings is 3. The topological polar surface area (TPSA) is 613 Å². The Bertz CT molecular complexity index is 4090. The van der Waals surface area contributed by atoms with E-state index in [0.29, 0.717) is 16.5 Å². The first-order valence-corrected chi connectivity index (χ1v) is 32.1. The number of hydrogen-bond donors (Lipinski definition) is 19. The number of phenols is 1. The number of ether oxygens (including phenoxy) is 2. The van der Waals surface area contributed by atoms with Crippen molar-refractivity contribution in [2.45, 2.75) is 120 Å². The van der Waals surface area contributed by atoms with Gasteiger partial charge in [-0.15, -0.1) is 0 Å². The van der Waals surface area contributed by atoms with E-state index in [1.54, 1.807) is 0 Å². The standard InChI is InChI=1S/C65H79N15O24/c1-31(81)55(80-62(97)46(20-36-26-68-30-73-36)77-61(96)47(24-53(90)91)74-33(3)83)63(98)71-15-17-102-27-50(86)75-43(6-4-5-13-69-58(93)34-7-10-39(65(100)101)42(18-34)54-40-11-8-37(84)21-48(40)104-49-22-38(85)9-12-41(49)54)59(94)70-14-16-103-28-51(87)79-56(32(2)82)64(99)78-45(19-35-25-67-29-72-35)60(95)76-44(57(66)92)23-52(88)89/h7-12,18,21-22,25-26,29-32,43-47,55-56,81-82,84H,4-6,13-17,19-20,23-24,27-28H2,1-3H3,(H2,66,92)(H,67,72)(H,68,73)(H,69,93)(H,70,94)(H,71,98)(H,74,83)(H,75,86)(H,76,95)(H,77,96)(H,78,99)(H,79,87)(H,80,97)(H,88,89)(H,90,91)(H,100,101)/t31-,32+,43-,44-,45-,46+,47+,55+,56-/m1/s1. The molecule has 20 N–H and O–H groups in total. The summed E-state index contributed by atoms with van der Waals surface area (Å²) in [5.74, 6) is -14.7. The van der Waals surface area contributed by atoms with Gasteiger partial charge in [0.15, 0.2) is 5.43 Å². The van der Waals surface area contributed by atoms with Gasteiger partial charge in [0.1, 0.15) is 72.6 Å². The van der Waals surface area contributed by atoms with Gasteiger partial charge in [-0.25, -0.2) is 14.8 Å². The Kier molecular flexibility index (Phi) is 30.4. The van der Waals surface area contributed by atoms with E-state index in [4.69, 9.17) is 19.6 Å². The molecule has 0 spiro atoms. The molecule has 0 saturated carbocycles. The molecule has 558 valence electrons. The van der Waals surface area contributed by atoms with E-state index < -0.39 is 169 Å². The molecule has 4 aromatic rings. The molecular formula is C65H79N15O24. The number of imidazole rings is 2. The third kappa shape index (κ3) is 24.8. The predicted octanol–water partition coefficient (Wildman–Crippen LogP) is -4.32. The van der Waals surface area contributed by atoms with Crippen LogP contribution in [0.2, 0.25) is 0 Å². The number of unbranched alkanes of at least 4 members (excludes halogenated alkanes) is 1. The highest BCUT2D eigenvalue weighted by atomic mass is 16.5. The second-order valence-corrected chi connectivity index (χ2v) is 23.5. The maximum atomic E-state index is 13.8. The number of phenolic OH excluding ortho intramolecular Hbond substituents is 1. The number of aromatic carboxylic acids is 1. The Labute approximate surface area is 589 Å². The number of aromatic amines is 2. The van der Waals surface area contributed by atoms with Crippen molar-refractivity contribution in [1.82, 2.24) is 73.1 Å². The van der Waals surface area contributed by atoms with Gasteiger partial charge in [-0.3, -0.25) is 67.1 Å². The van der Waals surface area contributed by atoms with Gasteiger partial charge in [-0.1, -0.05) is 0 Å². The Morgan fingerprint density at radius 3 is 1.69 bits per heavy atom. The summed E-state index contributed by atoms with van der Waals surface area (Å²) in [6, 6.07) is 0.835. The number of primary amides is 1. The number of hydrogen-bond acceptors (Lipinski definition) is 23. The number of aromatic hydroxyl groups is 1. The summed E-state index contributed by atoms with van der Waals surface area (Å²) in [5.41, 5.74) is 5.96. The SMILES string of the molecule is CC(=O)N[C@@H](CC(=O)O)C(=O)N[C@@H](Cc1c[nH]cn1)C(=O)N[C@H](C(=O)NCCOCC(=O)N[C@H](CCCCNC(=O)c1ccc(C(=O)O)c(-c2c3ccc(=O)cc-3oc3cc(O)ccc23)c1)C(=O)NCCOCC(=O)N[C@@H](C(=O)N[C@H](Cc1c[nH]cn1)C(=O)N[C@H](CC(=O)O)C(N)=O)[C@H](C)O)[C@@H](C)O. The van der Waals surface area contributed by atoms with Crippen molar-refractivity contribution < 1.29 is 112 Å². The number of rotatable bonds is 42.